The fourth-order valence-electron chi connectivity index (χ4n) is 2.63. The average Bonchev–Trinajstić information content (AvgIpc) is 2.57. The quantitative estimate of drug-likeness (QED) is 0.456. The van der Waals surface area contributed by atoms with E-state index in [4.69, 9.17) is 17.0 Å². The average molecular weight is 525 g/mol. The van der Waals surface area contributed by atoms with Crippen LogP contribution in [0.25, 0.3) is 0 Å². The number of benzene rings is 3. The van der Waals surface area contributed by atoms with Crippen molar-refractivity contribution < 1.29 is 0 Å². The van der Waals surface area contributed by atoms with Crippen LogP contribution < -0.4 is 9.81 Å². The Morgan fingerprint density at radius 3 is 1.32 bits per heavy atom. The van der Waals surface area contributed by atoms with Crippen LogP contribution in [0.1, 0.15) is 5.56 Å². The van der Waals surface area contributed by atoms with Gasteiger partial charge >= 0.3 is 141 Å². The maximum atomic E-state index is 7.40. The first-order valence-electron chi connectivity index (χ1n) is 7.15. The molecule has 3 aromatic rings. The van der Waals surface area contributed by atoms with E-state index in [2.05, 4.69) is 55.5 Å². The standard InChI is InChI=1S/C7H7.2C6H5.Bi.2ClH/c1-7-5-3-2-4-6-7;2*1-2-4-6-5-3-1;;;/h3-6H,1H3;2*1-5H;;2*1H/q;;;+2;;/p-2. The van der Waals surface area contributed by atoms with Crippen molar-refractivity contribution >= 4 is 43.2 Å². The molecule has 0 bridgehead atoms. The molecule has 3 rings (SSSR count). The van der Waals surface area contributed by atoms with Crippen LogP contribution >= 0.6 is 17.0 Å². The predicted octanol–water partition coefficient (Wildman–Crippen LogP) is 3.89. The molecule has 112 valence electrons. The Bertz CT molecular complexity index is 722. The second-order valence-electron chi connectivity index (χ2n) is 5.41. The van der Waals surface area contributed by atoms with E-state index in [0.29, 0.717) is 0 Å². The second-order valence-corrected chi connectivity index (χ2v) is 31.9. The van der Waals surface area contributed by atoms with Crippen molar-refractivity contribution in [1.29, 1.82) is 0 Å². The first-order valence-corrected chi connectivity index (χ1v) is 20.9. The van der Waals surface area contributed by atoms with Crippen molar-refractivity contribution in [3.8, 4) is 0 Å². The van der Waals surface area contributed by atoms with Gasteiger partial charge in [0.25, 0.3) is 0 Å². The molecule has 0 atom stereocenters. The molecule has 0 heterocycles. The molecule has 0 spiro atoms. The minimum absolute atomic E-state index is 1.05. The first-order chi connectivity index (χ1) is 10.5. The molecule has 3 aromatic carbocycles. The van der Waals surface area contributed by atoms with Crippen LogP contribution in [0.2, 0.25) is 0 Å². The Kier molecular flexibility index (Phi) is 4.34. The molecule has 22 heavy (non-hydrogen) atoms. The molecule has 3 heteroatoms. The van der Waals surface area contributed by atoms with Crippen LogP contribution in [0.3, 0.4) is 0 Å². The topological polar surface area (TPSA) is 0 Å². The summed E-state index contributed by atoms with van der Waals surface area (Å²) in [5.41, 5.74) is 1.20. The monoisotopic (exact) mass is 524 g/mol. The maximum absolute atomic E-state index is 7.40. The number of rotatable bonds is 3. The van der Waals surface area contributed by atoms with Gasteiger partial charge in [-0.25, -0.2) is 0 Å². The zero-order valence-electron chi connectivity index (χ0n) is 12.3. The van der Waals surface area contributed by atoms with Crippen LogP contribution in [0.15, 0.2) is 84.9 Å². The molecule has 0 nitrogen and oxygen atoms in total. The van der Waals surface area contributed by atoms with Crippen LogP contribution in [-0.2, 0) is 0 Å². The molecule has 0 aliphatic carbocycles. The van der Waals surface area contributed by atoms with Gasteiger partial charge in [-0.1, -0.05) is 0 Å². The third-order valence-corrected chi connectivity index (χ3v) is 28.2. The van der Waals surface area contributed by atoms with E-state index < -0.39 is 16.4 Å². The Morgan fingerprint density at radius 1 is 0.545 bits per heavy atom. The molecule has 0 aliphatic rings. The van der Waals surface area contributed by atoms with Gasteiger partial charge in [0.1, 0.15) is 0 Å². The number of halogens is 2. The normalized spacial score (nSPS) is 13.3. The minimum atomic E-state index is -4.60. The molecule has 0 amide bonds. The van der Waals surface area contributed by atoms with Crippen molar-refractivity contribution in [1.82, 2.24) is 0 Å². The summed E-state index contributed by atoms with van der Waals surface area (Å²) in [7, 11) is 14.8. The Morgan fingerprint density at radius 2 is 0.909 bits per heavy atom. The van der Waals surface area contributed by atoms with Crippen molar-refractivity contribution in [2.75, 3.05) is 0 Å². The van der Waals surface area contributed by atoms with Gasteiger partial charge in [-0.15, -0.1) is 0 Å². The fourth-order valence-corrected chi connectivity index (χ4v) is 20.1. The van der Waals surface area contributed by atoms with Gasteiger partial charge in [0.2, 0.25) is 0 Å². The molecular formula is C19H17BiCl2. The Balaban J connectivity index is 2.34. The van der Waals surface area contributed by atoms with Gasteiger partial charge in [-0.3, -0.25) is 0 Å². The summed E-state index contributed by atoms with van der Waals surface area (Å²) in [5, 5.41) is 0. The van der Waals surface area contributed by atoms with Gasteiger partial charge < -0.3 is 0 Å². The molecular weight excluding hydrogens is 508 g/mol. The van der Waals surface area contributed by atoms with Crippen molar-refractivity contribution in [3.63, 3.8) is 0 Å². The Labute approximate surface area is 139 Å². The summed E-state index contributed by atoms with van der Waals surface area (Å²) in [6, 6.07) is 28.6. The van der Waals surface area contributed by atoms with Crippen LogP contribution in [0, 0.1) is 6.92 Å². The third kappa shape index (κ3) is 2.60. The molecule has 0 saturated heterocycles. The Hall–Kier alpha value is -0.877. The molecule has 0 N–H and O–H groups in total. The predicted molar refractivity (Wildman–Crippen MR) is 100 cm³/mol. The number of hydrogen-bond donors (Lipinski definition) is 0. The molecule has 0 unspecified atom stereocenters. The fraction of sp³-hybridized carbons (Fsp3) is 0.0526. The van der Waals surface area contributed by atoms with Crippen molar-refractivity contribution in [3.05, 3.63) is 90.5 Å². The van der Waals surface area contributed by atoms with Gasteiger partial charge in [0, 0.05) is 0 Å². The van der Waals surface area contributed by atoms with E-state index in [1.54, 1.807) is 0 Å². The summed E-state index contributed by atoms with van der Waals surface area (Å²) in [4.78, 5) is 0. The van der Waals surface area contributed by atoms with Gasteiger partial charge in [0.15, 0.2) is 0 Å². The summed E-state index contributed by atoms with van der Waals surface area (Å²) in [6.45, 7) is 2.07. The molecule has 0 fully saturated rings. The van der Waals surface area contributed by atoms with Crippen LogP contribution in [0.5, 0.6) is 0 Å². The van der Waals surface area contributed by atoms with E-state index in [-0.39, 0.29) is 0 Å². The van der Waals surface area contributed by atoms with Crippen molar-refractivity contribution in [2.24, 2.45) is 0 Å². The molecule has 0 saturated carbocycles. The summed E-state index contributed by atoms with van der Waals surface area (Å²) < 4.78 is 3.15. The third-order valence-electron chi connectivity index (χ3n) is 3.91. The van der Waals surface area contributed by atoms with E-state index in [1.165, 1.54) is 5.56 Å². The van der Waals surface area contributed by atoms with Gasteiger partial charge in [0.05, 0.1) is 0 Å². The second kappa shape index (κ2) is 5.97. The zero-order valence-corrected chi connectivity index (χ0v) is 17.3. The van der Waals surface area contributed by atoms with Crippen molar-refractivity contribution in [2.45, 2.75) is 6.92 Å². The molecule has 0 radical (unpaired) electrons. The van der Waals surface area contributed by atoms with Gasteiger partial charge in [-0.05, 0) is 0 Å². The molecule has 0 aromatic heterocycles. The summed E-state index contributed by atoms with van der Waals surface area (Å²) in [6.07, 6.45) is 0. The zero-order chi connectivity index (χ0) is 15.7. The van der Waals surface area contributed by atoms with E-state index >= 15 is 0 Å². The van der Waals surface area contributed by atoms with Gasteiger partial charge in [-0.2, -0.15) is 0 Å². The number of hydrogen-bond acceptors (Lipinski definition) is 0. The van der Waals surface area contributed by atoms with E-state index in [0.717, 1.165) is 9.81 Å². The summed E-state index contributed by atoms with van der Waals surface area (Å²) >= 11 is -4.60. The van der Waals surface area contributed by atoms with Crippen LogP contribution in [0.4, 0.5) is 0 Å². The van der Waals surface area contributed by atoms with E-state index in [1.807, 2.05) is 36.4 Å². The number of aryl methyl sites for hydroxylation is 1. The summed E-state index contributed by atoms with van der Waals surface area (Å²) in [5.74, 6) is 0. The first kappa shape index (κ1) is 16.0. The van der Waals surface area contributed by atoms with Crippen LogP contribution in [-0.4, -0.2) is 16.4 Å². The van der Waals surface area contributed by atoms with E-state index in [9.17, 15) is 0 Å². The molecule has 0 aliphatic heterocycles. The SMILES string of the molecule is Cc1cc[c]([Bi]([Cl])([Cl])([c]2ccccc2)[c]2ccccc2)cc1.